The number of aromatic nitrogens is 1. The van der Waals surface area contributed by atoms with Crippen LogP contribution >= 0.6 is 0 Å². The lowest BCUT2D eigenvalue weighted by Gasteiger charge is -2.51. The number of hydrogen-bond acceptors (Lipinski definition) is 7. The van der Waals surface area contributed by atoms with Crippen LogP contribution in [-0.4, -0.2) is 53.1 Å². The second-order valence-electron chi connectivity index (χ2n) is 9.11. The molecule has 2 unspecified atom stereocenters. The third-order valence-electron chi connectivity index (χ3n) is 7.18. The summed E-state index contributed by atoms with van der Waals surface area (Å²) in [4.78, 5) is 30.3. The first-order valence-corrected chi connectivity index (χ1v) is 11.5. The normalized spacial score (nSPS) is 25.9. The molecular weight excluding hydrogens is 422 g/mol. The Morgan fingerprint density at radius 3 is 2.91 bits per heavy atom. The molecular formula is C25H31N3O5. The van der Waals surface area contributed by atoms with Gasteiger partial charge in [0, 0.05) is 42.0 Å². The quantitative estimate of drug-likeness (QED) is 0.243. The standard InChI is InChI=1S/C25H31N3O5/c1-4-17-15-27-12-10-18(17)13-23(27)25(33-24(29)8-5-16(2)28(30)31)20-9-11-26-22-7-6-19(32-3)14-21(20)22/h4,6-7,9,11,14,16-18,23,25H,1,5,8,10,12-13,15H2,2-3H3/t16?,17-,18-,23-,25+/m0/s1. The van der Waals surface area contributed by atoms with E-state index in [-0.39, 0.29) is 23.8 Å². The first-order chi connectivity index (χ1) is 15.9. The highest BCUT2D eigenvalue weighted by molar-refractivity contribution is 5.84. The molecule has 3 aliphatic rings. The summed E-state index contributed by atoms with van der Waals surface area (Å²) >= 11 is 0. The van der Waals surface area contributed by atoms with E-state index in [2.05, 4.69) is 16.5 Å². The van der Waals surface area contributed by atoms with E-state index in [0.717, 1.165) is 42.4 Å². The zero-order chi connectivity index (χ0) is 23.5. The Balaban J connectivity index is 1.67. The minimum Gasteiger partial charge on any atom is -0.497 e. The van der Waals surface area contributed by atoms with Crippen LogP contribution in [0.1, 0.15) is 44.3 Å². The molecule has 0 radical (unpaired) electrons. The van der Waals surface area contributed by atoms with Crippen molar-refractivity contribution >= 4 is 16.9 Å². The van der Waals surface area contributed by atoms with Crippen molar-refractivity contribution in [3.05, 3.63) is 58.8 Å². The summed E-state index contributed by atoms with van der Waals surface area (Å²) in [7, 11) is 1.62. The van der Waals surface area contributed by atoms with E-state index < -0.39 is 18.1 Å². The van der Waals surface area contributed by atoms with Gasteiger partial charge in [-0.25, -0.2) is 0 Å². The molecule has 3 aliphatic heterocycles. The average molecular weight is 454 g/mol. The zero-order valence-corrected chi connectivity index (χ0v) is 19.2. The molecule has 8 heteroatoms. The van der Waals surface area contributed by atoms with Gasteiger partial charge in [0.25, 0.3) is 0 Å². The molecule has 2 aromatic rings. The fraction of sp³-hybridized carbons (Fsp3) is 0.520. The van der Waals surface area contributed by atoms with Crippen molar-refractivity contribution in [1.29, 1.82) is 0 Å². The Labute approximate surface area is 193 Å². The van der Waals surface area contributed by atoms with E-state index in [1.165, 1.54) is 6.92 Å². The lowest BCUT2D eigenvalue weighted by molar-refractivity contribution is -0.518. The maximum Gasteiger partial charge on any atom is 0.306 e. The van der Waals surface area contributed by atoms with Gasteiger partial charge in [-0.1, -0.05) is 6.08 Å². The van der Waals surface area contributed by atoms with Crippen LogP contribution in [0.15, 0.2) is 43.1 Å². The molecule has 4 heterocycles. The second kappa shape index (κ2) is 9.87. The van der Waals surface area contributed by atoms with Gasteiger partial charge in [-0.2, -0.15) is 0 Å². The number of esters is 1. The molecule has 0 aliphatic carbocycles. The molecule has 0 N–H and O–H groups in total. The van der Waals surface area contributed by atoms with Crippen molar-refractivity contribution in [2.24, 2.45) is 11.8 Å². The van der Waals surface area contributed by atoms with Crippen LogP contribution in [0.4, 0.5) is 0 Å². The molecule has 8 nitrogen and oxygen atoms in total. The molecule has 6 atom stereocenters. The van der Waals surface area contributed by atoms with Crippen LogP contribution < -0.4 is 4.74 Å². The van der Waals surface area contributed by atoms with Gasteiger partial charge >= 0.3 is 5.97 Å². The fourth-order valence-corrected chi connectivity index (χ4v) is 5.20. The van der Waals surface area contributed by atoms with Gasteiger partial charge in [-0.3, -0.25) is 24.8 Å². The maximum atomic E-state index is 12.9. The van der Waals surface area contributed by atoms with E-state index in [4.69, 9.17) is 9.47 Å². The van der Waals surface area contributed by atoms with Crippen molar-refractivity contribution in [3.8, 4) is 5.75 Å². The third-order valence-corrected chi connectivity index (χ3v) is 7.18. The highest BCUT2D eigenvalue weighted by atomic mass is 16.6. The summed E-state index contributed by atoms with van der Waals surface area (Å²) in [6.07, 6.45) is 5.47. The fourth-order valence-electron chi connectivity index (χ4n) is 5.20. The van der Waals surface area contributed by atoms with Crippen molar-refractivity contribution in [3.63, 3.8) is 0 Å². The number of piperidine rings is 3. The molecule has 0 saturated carbocycles. The Morgan fingerprint density at radius 2 is 2.24 bits per heavy atom. The monoisotopic (exact) mass is 453 g/mol. The SMILES string of the molecule is C=C[C@H]1CN2CC[C@H]1C[C@H]2[C@H](OC(=O)CCC(C)[N+](=O)[O-])c1ccnc2ccc(OC)cc12. The first kappa shape index (κ1) is 23.2. The predicted molar refractivity (Wildman–Crippen MR) is 125 cm³/mol. The smallest absolute Gasteiger partial charge is 0.306 e. The number of ether oxygens (including phenoxy) is 2. The maximum absolute atomic E-state index is 12.9. The molecule has 2 bridgehead atoms. The van der Waals surface area contributed by atoms with Crippen LogP contribution in [0, 0.1) is 22.0 Å². The van der Waals surface area contributed by atoms with E-state index in [9.17, 15) is 14.9 Å². The molecule has 176 valence electrons. The van der Waals surface area contributed by atoms with Gasteiger partial charge in [-0.05, 0) is 55.5 Å². The topological polar surface area (TPSA) is 94.8 Å². The average Bonchev–Trinajstić information content (AvgIpc) is 2.85. The first-order valence-electron chi connectivity index (χ1n) is 11.5. The number of nitrogens with zero attached hydrogens (tertiary/aromatic N) is 3. The molecule has 0 spiro atoms. The number of fused-ring (bicyclic) bond motifs is 4. The zero-order valence-electron chi connectivity index (χ0n) is 19.2. The Kier molecular flexibility index (Phi) is 6.93. The van der Waals surface area contributed by atoms with Crippen molar-refractivity contribution in [2.45, 2.75) is 50.8 Å². The number of carbonyl (C=O) groups excluding carboxylic acids is 1. The number of benzene rings is 1. The molecule has 1 aromatic carbocycles. The van der Waals surface area contributed by atoms with Gasteiger partial charge in [0.15, 0.2) is 0 Å². The molecule has 33 heavy (non-hydrogen) atoms. The number of carbonyl (C=O) groups is 1. The summed E-state index contributed by atoms with van der Waals surface area (Å²) in [5.41, 5.74) is 1.69. The summed E-state index contributed by atoms with van der Waals surface area (Å²) in [6.45, 7) is 7.37. The van der Waals surface area contributed by atoms with E-state index >= 15 is 0 Å². The number of rotatable bonds is 9. The lowest BCUT2D eigenvalue weighted by Crippen LogP contribution is -2.55. The highest BCUT2D eigenvalue weighted by Gasteiger charge is 2.44. The highest BCUT2D eigenvalue weighted by Crippen LogP contribution is 2.43. The number of pyridine rings is 1. The van der Waals surface area contributed by atoms with E-state index in [0.29, 0.717) is 17.6 Å². The largest absolute Gasteiger partial charge is 0.497 e. The Hall–Kier alpha value is -3.00. The molecule has 0 amide bonds. The van der Waals surface area contributed by atoms with Gasteiger partial charge < -0.3 is 9.47 Å². The van der Waals surface area contributed by atoms with Gasteiger partial charge in [0.05, 0.1) is 25.1 Å². The third kappa shape index (κ3) is 4.85. The number of nitro groups is 1. The van der Waals surface area contributed by atoms with Crippen LogP contribution in [0.2, 0.25) is 0 Å². The summed E-state index contributed by atoms with van der Waals surface area (Å²) in [5.74, 6) is 1.25. The van der Waals surface area contributed by atoms with Crippen LogP contribution in [-0.2, 0) is 9.53 Å². The molecule has 5 rings (SSSR count). The minimum absolute atomic E-state index is 0.0103. The predicted octanol–water partition coefficient (Wildman–Crippen LogP) is 4.17. The number of hydrogen-bond donors (Lipinski definition) is 0. The lowest BCUT2D eigenvalue weighted by atomic mass is 9.73. The van der Waals surface area contributed by atoms with Crippen molar-refractivity contribution < 1.29 is 19.2 Å². The van der Waals surface area contributed by atoms with E-state index in [1.54, 1.807) is 13.3 Å². The van der Waals surface area contributed by atoms with Gasteiger partial charge in [0.1, 0.15) is 11.9 Å². The molecule has 3 saturated heterocycles. The van der Waals surface area contributed by atoms with Crippen molar-refractivity contribution in [1.82, 2.24) is 9.88 Å². The number of methoxy groups -OCH3 is 1. The van der Waals surface area contributed by atoms with Crippen LogP contribution in [0.25, 0.3) is 10.9 Å². The van der Waals surface area contributed by atoms with Gasteiger partial charge in [-0.15, -0.1) is 6.58 Å². The Morgan fingerprint density at radius 1 is 1.42 bits per heavy atom. The Bertz CT molecular complexity index is 1040. The van der Waals surface area contributed by atoms with Gasteiger partial charge in [0.2, 0.25) is 6.04 Å². The molecule has 3 fully saturated rings. The van der Waals surface area contributed by atoms with Crippen LogP contribution in [0.3, 0.4) is 0 Å². The minimum atomic E-state index is -0.787. The summed E-state index contributed by atoms with van der Waals surface area (Å²) in [6, 6.07) is 6.85. The second-order valence-corrected chi connectivity index (χ2v) is 9.11. The van der Waals surface area contributed by atoms with Crippen LogP contribution in [0.5, 0.6) is 5.75 Å². The van der Waals surface area contributed by atoms with Crippen molar-refractivity contribution in [2.75, 3.05) is 20.2 Å². The summed E-state index contributed by atoms with van der Waals surface area (Å²) in [5, 5.41) is 11.9. The summed E-state index contributed by atoms with van der Waals surface area (Å²) < 4.78 is 11.5. The molecule has 1 aromatic heterocycles. The van der Waals surface area contributed by atoms with E-state index in [1.807, 2.05) is 30.3 Å².